The molecular weight excluding hydrogens is 342 g/mol. The Balaban J connectivity index is 1.99. The molecule has 25 heavy (non-hydrogen) atoms. The summed E-state index contributed by atoms with van der Waals surface area (Å²) in [6.45, 7) is 1.98. The number of aromatic hydroxyl groups is 1. The molecule has 0 aliphatic rings. The average Bonchev–Trinajstić information content (AvgIpc) is 2.95. The minimum Gasteiger partial charge on any atom is -0.502 e. The number of hydrogen-bond donors (Lipinski definition) is 2. The Morgan fingerprint density at radius 3 is 2.72 bits per heavy atom. The predicted octanol–water partition coefficient (Wildman–Crippen LogP) is 3.41. The summed E-state index contributed by atoms with van der Waals surface area (Å²) in [4.78, 5) is 10.2. The average molecular weight is 355 g/mol. The Bertz CT molecular complexity index is 1020. The molecular formula is C16H13N5O3S. The third kappa shape index (κ3) is 3.45. The molecule has 8 nitrogen and oxygen atoms in total. The lowest BCUT2D eigenvalue weighted by Crippen LogP contribution is -1.96. The fourth-order valence-electron chi connectivity index (χ4n) is 2.18. The molecule has 126 valence electrons. The Labute approximate surface area is 147 Å². The number of benzene rings is 2. The molecule has 0 spiro atoms. The van der Waals surface area contributed by atoms with Gasteiger partial charge >= 0.3 is 5.69 Å². The van der Waals surface area contributed by atoms with Crippen molar-refractivity contribution in [2.24, 2.45) is 5.10 Å². The Hall–Kier alpha value is -3.33. The second-order valence-corrected chi connectivity index (χ2v) is 5.67. The first-order valence-corrected chi connectivity index (χ1v) is 7.63. The van der Waals surface area contributed by atoms with Crippen LogP contribution in [0.15, 0.2) is 47.6 Å². The zero-order chi connectivity index (χ0) is 18.0. The van der Waals surface area contributed by atoms with Gasteiger partial charge < -0.3 is 5.11 Å². The van der Waals surface area contributed by atoms with Gasteiger partial charge in [0.2, 0.25) is 4.77 Å². The van der Waals surface area contributed by atoms with E-state index < -0.39 is 16.4 Å². The SMILES string of the molecule is Cc1ccc(-c2n[nH]c(=S)n2/N=C\c2ccc(O)c([N+](=O)[O-])c2)cc1. The number of H-pyrrole nitrogens is 1. The van der Waals surface area contributed by atoms with Crippen molar-refractivity contribution < 1.29 is 10.0 Å². The molecule has 0 bridgehead atoms. The maximum absolute atomic E-state index is 10.9. The van der Waals surface area contributed by atoms with Crippen LogP contribution in [0.4, 0.5) is 5.69 Å². The highest BCUT2D eigenvalue weighted by Gasteiger charge is 2.13. The van der Waals surface area contributed by atoms with Crippen LogP contribution in [-0.2, 0) is 0 Å². The van der Waals surface area contributed by atoms with Crippen molar-refractivity contribution in [1.82, 2.24) is 14.9 Å². The number of aryl methyl sites for hydroxylation is 1. The highest BCUT2D eigenvalue weighted by atomic mass is 32.1. The van der Waals surface area contributed by atoms with Crippen molar-refractivity contribution >= 4 is 24.1 Å². The summed E-state index contributed by atoms with van der Waals surface area (Å²) < 4.78 is 1.72. The van der Waals surface area contributed by atoms with Gasteiger partial charge in [-0.1, -0.05) is 29.8 Å². The number of nitro benzene ring substituents is 1. The summed E-state index contributed by atoms with van der Waals surface area (Å²) in [6, 6.07) is 11.7. The Morgan fingerprint density at radius 2 is 2.04 bits per heavy atom. The molecule has 3 aromatic rings. The standard InChI is InChI=1S/C16H13N5O3S/c1-10-2-5-12(6-3-10)15-18-19-16(25)20(15)17-9-11-4-7-14(22)13(8-11)21(23)24/h2-9,22H,1H3,(H,19,25)/b17-9-. The molecule has 3 rings (SSSR count). The van der Waals surface area contributed by atoms with Crippen LogP contribution in [0.5, 0.6) is 5.75 Å². The van der Waals surface area contributed by atoms with Gasteiger partial charge in [-0.15, -0.1) is 0 Å². The summed E-state index contributed by atoms with van der Waals surface area (Å²) >= 11 is 5.19. The summed E-state index contributed by atoms with van der Waals surface area (Å²) in [5.41, 5.74) is 2.00. The number of nitro groups is 1. The Morgan fingerprint density at radius 1 is 1.32 bits per heavy atom. The quantitative estimate of drug-likeness (QED) is 0.322. The number of nitrogens with zero attached hydrogens (tertiary/aromatic N) is 4. The van der Waals surface area contributed by atoms with Crippen molar-refractivity contribution in [2.75, 3.05) is 0 Å². The van der Waals surface area contributed by atoms with Gasteiger partial charge in [0.05, 0.1) is 11.1 Å². The first kappa shape index (κ1) is 16.5. The number of aromatic nitrogens is 3. The molecule has 0 unspecified atom stereocenters. The molecule has 2 aromatic carbocycles. The van der Waals surface area contributed by atoms with E-state index in [1.54, 1.807) is 0 Å². The van der Waals surface area contributed by atoms with Gasteiger partial charge in [0.25, 0.3) is 0 Å². The Kier molecular flexibility index (Phi) is 4.40. The van der Waals surface area contributed by atoms with Crippen molar-refractivity contribution in [2.45, 2.75) is 6.92 Å². The largest absolute Gasteiger partial charge is 0.502 e. The van der Waals surface area contributed by atoms with Crippen LogP contribution in [0.3, 0.4) is 0 Å². The van der Waals surface area contributed by atoms with Gasteiger partial charge in [-0.25, -0.2) is 5.10 Å². The summed E-state index contributed by atoms with van der Waals surface area (Å²) in [6.07, 6.45) is 1.41. The smallest absolute Gasteiger partial charge is 0.311 e. The maximum atomic E-state index is 10.9. The van der Waals surface area contributed by atoms with E-state index in [-0.39, 0.29) is 0 Å². The summed E-state index contributed by atoms with van der Waals surface area (Å²) in [5.74, 6) is 0.122. The van der Waals surface area contributed by atoms with Crippen LogP contribution in [0.2, 0.25) is 0 Å². The first-order valence-electron chi connectivity index (χ1n) is 7.22. The zero-order valence-corrected chi connectivity index (χ0v) is 13.9. The normalized spacial score (nSPS) is 11.1. The van der Waals surface area contributed by atoms with E-state index >= 15 is 0 Å². The monoisotopic (exact) mass is 355 g/mol. The van der Waals surface area contributed by atoms with Gasteiger partial charge in [0.15, 0.2) is 11.6 Å². The second-order valence-electron chi connectivity index (χ2n) is 5.28. The van der Waals surface area contributed by atoms with E-state index in [0.29, 0.717) is 16.2 Å². The van der Waals surface area contributed by atoms with Crippen LogP contribution in [0, 0.1) is 21.8 Å². The van der Waals surface area contributed by atoms with E-state index in [4.69, 9.17) is 12.2 Å². The van der Waals surface area contributed by atoms with Crippen molar-refractivity contribution in [3.05, 3.63) is 68.5 Å². The van der Waals surface area contributed by atoms with Crippen LogP contribution in [0.25, 0.3) is 11.4 Å². The fourth-order valence-corrected chi connectivity index (χ4v) is 2.36. The van der Waals surface area contributed by atoms with E-state index in [1.165, 1.54) is 29.1 Å². The highest BCUT2D eigenvalue weighted by molar-refractivity contribution is 7.71. The molecule has 0 aliphatic carbocycles. The number of phenolic OH excluding ortho intramolecular Hbond substituents is 1. The van der Waals surface area contributed by atoms with Crippen molar-refractivity contribution in [3.63, 3.8) is 0 Å². The lowest BCUT2D eigenvalue weighted by Gasteiger charge is -2.02. The minimum atomic E-state index is -0.659. The zero-order valence-electron chi connectivity index (χ0n) is 13.1. The van der Waals surface area contributed by atoms with Gasteiger partial charge in [0.1, 0.15) is 0 Å². The molecule has 0 saturated carbocycles. The topological polar surface area (TPSA) is 109 Å². The number of aromatic amines is 1. The number of nitrogens with one attached hydrogen (secondary N) is 1. The summed E-state index contributed by atoms with van der Waals surface area (Å²) in [7, 11) is 0. The molecule has 0 aliphatic heterocycles. The van der Waals surface area contributed by atoms with Gasteiger partial charge in [-0.2, -0.15) is 14.9 Å². The molecule has 0 saturated heterocycles. The van der Waals surface area contributed by atoms with Crippen LogP contribution < -0.4 is 0 Å². The molecule has 9 heteroatoms. The van der Waals surface area contributed by atoms with Gasteiger partial charge in [0, 0.05) is 17.2 Å². The van der Waals surface area contributed by atoms with E-state index in [2.05, 4.69) is 15.3 Å². The van der Waals surface area contributed by atoms with Crippen LogP contribution >= 0.6 is 12.2 Å². The molecule has 1 aromatic heterocycles. The lowest BCUT2D eigenvalue weighted by atomic mass is 10.1. The van der Waals surface area contributed by atoms with E-state index in [9.17, 15) is 15.2 Å². The third-order valence-electron chi connectivity index (χ3n) is 3.48. The number of rotatable bonds is 4. The summed E-state index contributed by atoms with van der Waals surface area (Å²) in [5, 5.41) is 31.5. The second kappa shape index (κ2) is 6.65. The highest BCUT2D eigenvalue weighted by Crippen LogP contribution is 2.25. The van der Waals surface area contributed by atoms with E-state index in [1.807, 2.05) is 31.2 Å². The van der Waals surface area contributed by atoms with Gasteiger partial charge in [-0.05, 0) is 31.3 Å². The van der Waals surface area contributed by atoms with Crippen LogP contribution in [0.1, 0.15) is 11.1 Å². The maximum Gasteiger partial charge on any atom is 0.311 e. The molecule has 0 radical (unpaired) electrons. The van der Waals surface area contributed by atoms with Crippen LogP contribution in [-0.4, -0.2) is 31.1 Å². The van der Waals surface area contributed by atoms with Crippen molar-refractivity contribution in [3.8, 4) is 17.1 Å². The molecule has 0 fully saturated rings. The van der Waals surface area contributed by atoms with Crippen molar-refractivity contribution in [1.29, 1.82) is 0 Å². The predicted molar refractivity (Wildman–Crippen MR) is 95.3 cm³/mol. The molecule has 1 heterocycles. The molecule has 2 N–H and O–H groups in total. The minimum absolute atomic E-state index is 0.292. The van der Waals surface area contributed by atoms with Gasteiger partial charge in [-0.3, -0.25) is 10.1 Å². The fraction of sp³-hybridized carbons (Fsp3) is 0.0625. The first-order chi connectivity index (χ1) is 12.0. The lowest BCUT2D eigenvalue weighted by molar-refractivity contribution is -0.385. The van der Waals surface area contributed by atoms with E-state index in [0.717, 1.165) is 11.1 Å². The number of hydrogen-bond acceptors (Lipinski definition) is 6. The third-order valence-corrected chi connectivity index (χ3v) is 3.74. The molecule has 0 atom stereocenters. The molecule has 0 amide bonds. The number of phenols is 1.